The lowest BCUT2D eigenvalue weighted by molar-refractivity contribution is 0.0978. The van der Waals surface area contributed by atoms with Crippen LogP contribution in [0.25, 0.3) is 0 Å². The molecule has 11 heavy (non-hydrogen) atoms. The van der Waals surface area contributed by atoms with Crippen LogP contribution >= 0.6 is 11.6 Å². The van der Waals surface area contributed by atoms with Gasteiger partial charge in [-0.05, 0) is 18.6 Å². The largest absolute Gasteiger partial charge is 0.359 e. The van der Waals surface area contributed by atoms with Crippen molar-refractivity contribution in [1.29, 1.82) is 0 Å². The third-order valence-corrected chi connectivity index (χ3v) is 1.70. The Morgan fingerprint density at radius 1 is 1.64 bits per heavy atom. The highest BCUT2D eigenvalue weighted by atomic mass is 35.5. The Bertz CT molecular complexity index is 218. The van der Waals surface area contributed by atoms with Gasteiger partial charge in [-0.1, -0.05) is 0 Å². The molecule has 0 radical (unpaired) electrons. The first kappa shape index (κ1) is 8.34. The lowest BCUT2D eigenvalue weighted by Crippen LogP contribution is -1.98. The van der Waals surface area contributed by atoms with Gasteiger partial charge in [-0.15, -0.1) is 11.6 Å². The second-order valence-corrected chi connectivity index (χ2v) is 2.68. The summed E-state index contributed by atoms with van der Waals surface area (Å²) >= 11 is 5.44. The van der Waals surface area contributed by atoms with Crippen molar-refractivity contribution in [3.05, 3.63) is 24.0 Å². The molecule has 0 aromatic carbocycles. The first-order chi connectivity index (χ1) is 5.34. The zero-order valence-corrected chi connectivity index (χ0v) is 6.90. The maximum Gasteiger partial charge on any atom is 0.179 e. The van der Waals surface area contributed by atoms with Gasteiger partial charge >= 0.3 is 0 Å². The van der Waals surface area contributed by atoms with Crippen LogP contribution in [0.1, 0.15) is 23.3 Å². The number of carbonyl (C=O) groups excluding carboxylic acids is 1. The van der Waals surface area contributed by atoms with Crippen LogP contribution in [0.15, 0.2) is 18.3 Å². The molecule has 1 aromatic rings. The van der Waals surface area contributed by atoms with E-state index in [0.717, 1.165) is 6.42 Å². The Balaban J connectivity index is 2.43. The Kier molecular flexibility index (Phi) is 3.17. The SMILES string of the molecule is O=C(CCCCl)c1ccc[nH]1. The molecule has 0 bridgehead atoms. The summed E-state index contributed by atoms with van der Waals surface area (Å²) in [7, 11) is 0. The van der Waals surface area contributed by atoms with Crippen molar-refractivity contribution in [2.24, 2.45) is 0 Å². The van der Waals surface area contributed by atoms with Crippen LogP contribution in [0, 0.1) is 0 Å². The number of halogens is 1. The van der Waals surface area contributed by atoms with Crippen molar-refractivity contribution >= 4 is 17.4 Å². The quantitative estimate of drug-likeness (QED) is 0.547. The summed E-state index contributed by atoms with van der Waals surface area (Å²) in [5.41, 5.74) is 0.676. The van der Waals surface area contributed by atoms with Crippen molar-refractivity contribution in [1.82, 2.24) is 4.98 Å². The van der Waals surface area contributed by atoms with Crippen LogP contribution < -0.4 is 0 Å². The van der Waals surface area contributed by atoms with Crippen LogP contribution in [0.2, 0.25) is 0 Å². The van der Waals surface area contributed by atoms with E-state index in [2.05, 4.69) is 4.98 Å². The van der Waals surface area contributed by atoms with Crippen molar-refractivity contribution in [2.75, 3.05) is 5.88 Å². The monoisotopic (exact) mass is 171 g/mol. The number of Topliss-reactive ketones (excluding diaryl/α,β-unsaturated/α-hetero) is 1. The number of aromatic nitrogens is 1. The second-order valence-electron chi connectivity index (χ2n) is 2.30. The predicted octanol–water partition coefficient (Wildman–Crippen LogP) is 2.22. The molecule has 1 N–H and O–H groups in total. The van der Waals surface area contributed by atoms with Gasteiger partial charge in [0.2, 0.25) is 0 Å². The average molecular weight is 172 g/mol. The van der Waals surface area contributed by atoms with Crippen molar-refractivity contribution in [2.45, 2.75) is 12.8 Å². The molecule has 0 aliphatic carbocycles. The lowest BCUT2D eigenvalue weighted by atomic mass is 10.2. The van der Waals surface area contributed by atoms with Crippen LogP contribution in [-0.2, 0) is 0 Å². The van der Waals surface area contributed by atoms with Gasteiger partial charge in [0.25, 0.3) is 0 Å². The van der Waals surface area contributed by atoms with Crippen LogP contribution in [0.5, 0.6) is 0 Å². The Morgan fingerprint density at radius 2 is 2.45 bits per heavy atom. The zero-order valence-electron chi connectivity index (χ0n) is 6.14. The fourth-order valence-corrected chi connectivity index (χ4v) is 0.999. The van der Waals surface area contributed by atoms with E-state index in [1.54, 1.807) is 12.3 Å². The lowest BCUT2D eigenvalue weighted by Gasteiger charge is -1.93. The molecule has 60 valence electrons. The molecule has 3 heteroatoms. The van der Waals surface area contributed by atoms with Gasteiger partial charge in [-0.25, -0.2) is 0 Å². The highest BCUT2D eigenvalue weighted by molar-refractivity contribution is 6.18. The first-order valence-corrected chi connectivity index (χ1v) is 4.10. The van der Waals surface area contributed by atoms with Gasteiger partial charge in [0.05, 0.1) is 5.69 Å². The third kappa shape index (κ3) is 2.39. The van der Waals surface area contributed by atoms with Gasteiger partial charge in [-0.3, -0.25) is 4.79 Å². The predicted molar refractivity (Wildman–Crippen MR) is 45.1 cm³/mol. The van der Waals surface area contributed by atoms with Crippen LogP contribution in [0.4, 0.5) is 0 Å². The number of aromatic amines is 1. The van der Waals surface area contributed by atoms with Gasteiger partial charge < -0.3 is 4.98 Å². The van der Waals surface area contributed by atoms with E-state index in [4.69, 9.17) is 11.6 Å². The molecule has 0 saturated carbocycles. The van der Waals surface area contributed by atoms with Crippen LogP contribution in [0.3, 0.4) is 0 Å². The summed E-state index contributed by atoms with van der Waals surface area (Å²) in [5, 5.41) is 0. The molecule has 0 aliphatic heterocycles. The molecule has 1 heterocycles. The molecule has 0 saturated heterocycles. The normalized spacial score (nSPS) is 9.91. The number of ketones is 1. The molecule has 1 aromatic heterocycles. The van der Waals surface area contributed by atoms with Gasteiger partial charge in [-0.2, -0.15) is 0 Å². The van der Waals surface area contributed by atoms with E-state index in [0.29, 0.717) is 18.0 Å². The number of H-pyrrole nitrogens is 1. The molecule has 0 spiro atoms. The number of carbonyl (C=O) groups is 1. The van der Waals surface area contributed by atoms with Crippen molar-refractivity contribution < 1.29 is 4.79 Å². The molecule has 0 aliphatic rings. The molecule has 0 fully saturated rings. The fraction of sp³-hybridized carbons (Fsp3) is 0.375. The van der Waals surface area contributed by atoms with E-state index >= 15 is 0 Å². The van der Waals surface area contributed by atoms with Gasteiger partial charge in [0.15, 0.2) is 5.78 Å². The number of hydrogen-bond donors (Lipinski definition) is 1. The van der Waals surface area contributed by atoms with E-state index in [-0.39, 0.29) is 5.78 Å². The maximum absolute atomic E-state index is 11.2. The number of hydrogen-bond acceptors (Lipinski definition) is 1. The minimum Gasteiger partial charge on any atom is -0.359 e. The standard InChI is InChI=1S/C8H10ClNO/c9-5-1-4-8(11)7-3-2-6-10-7/h2-3,6,10H,1,4-5H2. The minimum absolute atomic E-state index is 0.135. The zero-order chi connectivity index (χ0) is 8.10. The minimum atomic E-state index is 0.135. The Morgan fingerprint density at radius 3 is 3.00 bits per heavy atom. The van der Waals surface area contributed by atoms with Gasteiger partial charge in [0, 0.05) is 18.5 Å². The molecule has 1 rings (SSSR count). The summed E-state index contributed by atoms with van der Waals surface area (Å²) in [5.74, 6) is 0.683. The van der Waals surface area contributed by atoms with E-state index in [9.17, 15) is 4.79 Å². The highest BCUT2D eigenvalue weighted by Crippen LogP contribution is 2.02. The Hall–Kier alpha value is -0.760. The van der Waals surface area contributed by atoms with E-state index in [1.807, 2.05) is 6.07 Å². The third-order valence-electron chi connectivity index (χ3n) is 1.44. The van der Waals surface area contributed by atoms with Crippen molar-refractivity contribution in [3.8, 4) is 0 Å². The van der Waals surface area contributed by atoms with Crippen molar-refractivity contribution in [3.63, 3.8) is 0 Å². The maximum atomic E-state index is 11.2. The highest BCUT2D eigenvalue weighted by Gasteiger charge is 2.03. The number of rotatable bonds is 4. The summed E-state index contributed by atoms with van der Waals surface area (Å²) in [4.78, 5) is 14.0. The summed E-state index contributed by atoms with van der Waals surface area (Å²) in [6.45, 7) is 0. The van der Waals surface area contributed by atoms with Gasteiger partial charge in [0.1, 0.15) is 0 Å². The average Bonchev–Trinajstić information content (AvgIpc) is 2.52. The topological polar surface area (TPSA) is 32.9 Å². The molecule has 0 atom stereocenters. The summed E-state index contributed by atoms with van der Waals surface area (Å²) in [6, 6.07) is 3.59. The Labute approximate surface area is 70.6 Å². The first-order valence-electron chi connectivity index (χ1n) is 3.57. The molecular weight excluding hydrogens is 162 g/mol. The summed E-state index contributed by atoms with van der Waals surface area (Å²) in [6.07, 6.45) is 3.03. The molecular formula is C8H10ClNO. The molecule has 2 nitrogen and oxygen atoms in total. The smallest absolute Gasteiger partial charge is 0.179 e. The number of alkyl halides is 1. The summed E-state index contributed by atoms with van der Waals surface area (Å²) < 4.78 is 0. The fourth-order valence-electron chi connectivity index (χ4n) is 0.866. The number of nitrogens with one attached hydrogen (secondary N) is 1. The second kappa shape index (κ2) is 4.19. The molecule has 0 unspecified atom stereocenters. The molecule has 0 amide bonds. The van der Waals surface area contributed by atoms with E-state index < -0.39 is 0 Å². The van der Waals surface area contributed by atoms with Crippen LogP contribution in [-0.4, -0.2) is 16.6 Å². The van der Waals surface area contributed by atoms with E-state index in [1.165, 1.54) is 0 Å².